The van der Waals surface area contributed by atoms with Gasteiger partial charge in [-0.05, 0) is 31.2 Å². The van der Waals surface area contributed by atoms with E-state index in [1.165, 1.54) is 5.56 Å². The van der Waals surface area contributed by atoms with Gasteiger partial charge in [-0.25, -0.2) is 0 Å². The molecular weight excluding hydrogens is 266 g/mol. The van der Waals surface area contributed by atoms with Crippen molar-refractivity contribution in [2.75, 3.05) is 7.05 Å². The van der Waals surface area contributed by atoms with Gasteiger partial charge < -0.3 is 0 Å². The number of carbonyl (C=O) groups excluding carboxylic acids is 1. The molecule has 1 unspecified atom stereocenters. The van der Waals surface area contributed by atoms with Crippen molar-refractivity contribution in [1.82, 2.24) is 4.90 Å². The largest absolute Gasteiger partial charge is 0.300 e. The Morgan fingerprint density at radius 3 is 2.62 bits per heavy atom. The second-order valence-corrected chi connectivity index (χ2v) is 5.39. The monoisotopic (exact) mass is 281 g/mol. The minimum absolute atomic E-state index is 0.410. The van der Waals surface area contributed by atoms with Gasteiger partial charge in [0.25, 0.3) is 0 Å². The molecule has 1 saturated carbocycles. The molecule has 1 fully saturated rings. The van der Waals surface area contributed by atoms with Crippen LogP contribution in [0, 0.1) is 0 Å². The maximum absolute atomic E-state index is 11.2. The van der Waals surface area contributed by atoms with Gasteiger partial charge in [-0.15, -0.1) is 0 Å². The van der Waals surface area contributed by atoms with Crippen LogP contribution in [0.2, 0.25) is 0 Å². The highest BCUT2D eigenvalue weighted by Crippen LogP contribution is 2.21. The lowest BCUT2D eigenvalue weighted by molar-refractivity contribution is -0.117. The predicted octanol–water partition coefficient (Wildman–Crippen LogP) is 3.00. The van der Waals surface area contributed by atoms with Crippen LogP contribution in [0.25, 0.3) is 0 Å². The van der Waals surface area contributed by atoms with E-state index in [-0.39, 0.29) is 0 Å². The summed E-state index contributed by atoms with van der Waals surface area (Å²) in [7, 11) is 2.10. The van der Waals surface area contributed by atoms with Gasteiger partial charge in [-0.3, -0.25) is 9.69 Å². The number of halogens is 1. The lowest BCUT2D eigenvalue weighted by Crippen LogP contribution is -2.28. The number of nitrogens with zero attached hydrogens (tertiary/aromatic N) is 1. The Morgan fingerprint density at radius 1 is 1.38 bits per heavy atom. The molecule has 2 nitrogen and oxygen atoms in total. The van der Waals surface area contributed by atoms with Crippen LogP contribution in [0.5, 0.6) is 0 Å². The third-order valence-corrected chi connectivity index (χ3v) is 3.72. The number of benzene rings is 1. The maximum atomic E-state index is 11.2. The molecule has 1 aliphatic rings. The quantitative estimate of drug-likeness (QED) is 0.849. The Bertz CT molecular complexity index is 374. The van der Waals surface area contributed by atoms with E-state index in [9.17, 15) is 4.79 Å². The van der Waals surface area contributed by atoms with E-state index in [0.29, 0.717) is 11.8 Å². The van der Waals surface area contributed by atoms with Crippen molar-refractivity contribution >= 4 is 21.7 Å². The molecule has 0 aliphatic heterocycles. The Kier molecular flexibility index (Phi) is 3.77. The second-order valence-electron chi connectivity index (χ2n) is 4.48. The standard InChI is InChI=1S/C13H16BrNO/c1-15(12-6-7-13(16)8-12)9-10-2-4-11(14)5-3-10/h2-5,12H,6-9H2,1H3. The lowest BCUT2D eigenvalue weighted by Gasteiger charge is -2.23. The van der Waals surface area contributed by atoms with E-state index in [0.717, 1.165) is 30.3 Å². The van der Waals surface area contributed by atoms with Gasteiger partial charge in [-0.1, -0.05) is 28.1 Å². The smallest absolute Gasteiger partial charge is 0.134 e. The molecule has 1 aromatic carbocycles. The highest BCUT2D eigenvalue weighted by Gasteiger charge is 2.25. The van der Waals surface area contributed by atoms with Crippen molar-refractivity contribution in [2.45, 2.75) is 31.8 Å². The highest BCUT2D eigenvalue weighted by atomic mass is 79.9. The van der Waals surface area contributed by atoms with Gasteiger partial charge in [0.05, 0.1) is 0 Å². The van der Waals surface area contributed by atoms with Crippen LogP contribution in [0.1, 0.15) is 24.8 Å². The minimum Gasteiger partial charge on any atom is -0.300 e. The summed E-state index contributed by atoms with van der Waals surface area (Å²) in [6.07, 6.45) is 2.51. The molecule has 16 heavy (non-hydrogen) atoms. The Labute approximate surface area is 105 Å². The molecule has 0 aromatic heterocycles. The van der Waals surface area contributed by atoms with E-state index in [1.54, 1.807) is 0 Å². The minimum atomic E-state index is 0.410. The van der Waals surface area contributed by atoms with Crippen LogP contribution in [-0.4, -0.2) is 23.8 Å². The van der Waals surface area contributed by atoms with Crippen molar-refractivity contribution in [2.24, 2.45) is 0 Å². The van der Waals surface area contributed by atoms with Crippen LogP contribution in [0.4, 0.5) is 0 Å². The van der Waals surface area contributed by atoms with Crippen LogP contribution in [0.3, 0.4) is 0 Å². The first-order valence-corrected chi connectivity index (χ1v) is 6.41. The first-order chi connectivity index (χ1) is 7.65. The molecule has 1 aromatic rings. The van der Waals surface area contributed by atoms with E-state index >= 15 is 0 Å². The number of hydrogen-bond acceptors (Lipinski definition) is 2. The summed E-state index contributed by atoms with van der Waals surface area (Å²) < 4.78 is 1.11. The normalized spacial score (nSPS) is 20.7. The molecule has 1 atom stereocenters. The van der Waals surface area contributed by atoms with Crippen LogP contribution < -0.4 is 0 Å². The molecular formula is C13H16BrNO. The Hall–Kier alpha value is -0.670. The van der Waals surface area contributed by atoms with E-state index in [1.807, 2.05) is 0 Å². The number of carbonyl (C=O) groups is 1. The van der Waals surface area contributed by atoms with Gasteiger partial charge in [0, 0.05) is 29.9 Å². The fourth-order valence-corrected chi connectivity index (χ4v) is 2.44. The average molecular weight is 282 g/mol. The van der Waals surface area contributed by atoms with Crippen molar-refractivity contribution in [3.8, 4) is 0 Å². The topological polar surface area (TPSA) is 20.3 Å². The summed E-state index contributed by atoms with van der Waals surface area (Å²) >= 11 is 3.43. The summed E-state index contributed by atoms with van der Waals surface area (Å²) in [4.78, 5) is 13.5. The van der Waals surface area contributed by atoms with E-state index in [2.05, 4.69) is 52.1 Å². The molecule has 0 radical (unpaired) electrons. The molecule has 0 bridgehead atoms. The fraction of sp³-hybridized carbons (Fsp3) is 0.462. The molecule has 0 heterocycles. The third kappa shape index (κ3) is 2.92. The molecule has 1 aliphatic carbocycles. The van der Waals surface area contributed by atoms with Gasteiger partial charge >= 0.3 is 0 Å². The third-order valence-electron chi connectivity index (χ3n) is 3.19. The summed E-state index contributed by atoms with van der Waals surface area (Å²) in [5.41, 5.74) is 1.30. The zero-order valence-electron chi connectivity index (χ0n) is 9.45. The van der Waals surface area contributed by atoms with Crippen molar-refractivity contribution in [1.29, 1.82) is 0 Å². The van der Waals surface area contributed by atoms with Crippen molar-refractivity contribution < 1.29 is 4.79 Å². The number of rotatable bonds is 3. The van der Waals surface area contributed by atoms with Gasteiger partial charge in [0.2, 0.25) is 0 Å². The zero-order valence-corrected chi connectivity index (χ0v) is 11.0. The molecule has 0 N–H and O–H groups in total. The van der Waals surface area contributed by atoms with Crippen LogP contribution in [-0.2, 0) is 11.3 Å². The molecule has 3 heteroatoms. The van der Waals surface area contributed by atoms with Crippen LogP contribution in [0.15, 0.2) is 28.7 Å². The van der Waals surface area contributed by atoms with Gasteiger partial charge in [-0.2, -0.15) is 0 Å². The molecule has 0 saturated heterocycles. The highest BCUT2D eigenvalue weighted by molar-refractivity contribution is 9.10. The summed E-state index contributed by atoms with van der Waals surface area (Å²) in [6, 6.07) is 8.80. The molecule has 86 valence electrons. The van der Waals surface area contributed by atoms with Gasteiger partial charge in [0.15, 0.2) is 0 Å². The van der Waals surface area contributed by atoms with Crippen LogP contribution >= 0.6 is 15.9 Å². The predicted molar refractivity (Wildman–Crippen MR) is 68.3 cm³/mol. The molecule has 2 rings (SSSR count). The van der Waals surface area contributed by atoms with Crippen molar-refractivity contribution in [3.05, 3.63) is 34.3 Å². The molecule has 0 amide bonds. The second kappa shape index (κ2) is 5.11. The Morgan fingerprint density at radius 2 is 2.06 bits per heavy atom. The molecule has 0 spiro atoms. The lowest BCUT2D eigenvalue weighted by atomic mass is 10.1. The summed E-state index contributed by atoms with van der Waals surface area (Å²) in [5, 5.41) is 0. The van der Waals surface area contributed by atoms with Gasteiger partial charge in [0.1, 0.15) is 5.78 Å². The maximum Gasteiger partial charge on any atom is 0.134 e. The summed E-state index contributed by atoms with van der Waals surface area (Å²) in [5.74, 6) is 0.410. The first-order valence-electron chi connectivity index (χ1n) is 5.61. The number of hydrogen-bond donors (Lipinski definition) is 0. The zero-order chi connectivity index (χ0) is 11.5. The van der Waals surface area contributed by atoms with E-state index in [4.69, 9.17) is 0 Å². The van der Waals surface area contributed by atoms with Crippen molar-refractivity contribution in [3.63, 3.8) is 0 Å². The fourth-order valence-electron chi connectivity index (χ4n) is 2.18. The number of ketones is 1. The number of Topliss-reactive ketones (excluding diaryl/α,β-unsaturated/α-hetero) is 1. The Balaban J connectivity index is 1.94. The summed E-state index contributed by atoms with van der Waals surface area (Å²) in [6.45, 7) is 0.922. The average Bonchev–Trinajstić information content (AvgIpc) is 2.68. The first kappa shape index (κ1) is 11.8. The van der Waals surface area contributed by atoms with E-state index < -0.39 is 0 Å². The SMILES string of the molecule is CN(Cc1ccc(Br)cc1)C1CCC(=O)C1.